The number of hydrogen-bond donors (Lipinski definition) is 2. The maximum atomic E-state index is 12.6. The lowest BCUT2D eigenvalue weighted by Crippen LogP contribution is -2.13. The largest absolute Gasteiger partial charge is 0.495 e. The molecule has 0 atom stereocenters. The molecule has 8 heteroatoms. The molecule has 0 radical (unpaired) electrons. The smallest absolute Gasteiger partial charge is 0.257 e. The van der Waals surface area contributed by atoms with Crippen LogP contribution < -0.4 is 15.4 Å². The molecule has 26 heavy (non-hydrogen) atoms. The first-order valence-corrected chi connectivity index (χ1v) is 9.23. The van der Waals surface area contributed by atoms with Crippen molar-refractivity contribution in [2.75, 3.05) is 24.8 Å². The molecular weight excluding hydrogens is 393 g/mol. The number of thiazole rings is 1. The highest BCUT2D eigenvalue weighted by Gasteiger charge is 2.15. The van der Waals surface area contributed by atoms with Gasteiger partial charge in [0.05, 0.1) is 29.1 Å². The molecule has 2 aromatic carbocycles. The third kappa shape index (κ3) is 3.93. The zero-order chi connectivity index (χ0) is 18.7. The number of carbonyl (C=O) groups is 1. The molecular formula is C18H15Cl2N3O2S. The summed E-state index contributed by atoms with van der Waals surface area (Å²) in [6.45, 7) is 0. The Bertz CT molecular complexity index is 959. The summed E-state index contributed by atoms with van der Waals surface area (Å²) in [4.78, 5) is 17.1. The Morgan fingerprint density at radius 1 is 1.19 bits per heavy atom. The molecule has 0 aliphatic carbocycles. The molecule has 0 spiro atoms. The van der Waals surface area contributed by atoms with Crippen LogP contribution in [-0.2, 0) is 0 Å². The average Bonchev–Trinajstić information content (AvgIpc) is 3.10. The van der Waals surface area contributed by atoms with Crippen molar-refractivity contribution in [1.29, 1.82) is 0 Å². The predicted octanol–water partition coefficient (Wildman–Crippen LogP) is 5.42. The number of rotatable bonds is 5. The van der Waals surface area contributed by atoms with E-state index >= 15 is 0 Å². The van der Waals surface area contributed by atoms with Gasteiger partial charge in [-0.1, -0.05) is 23.2 Å². The Morgan fingerprint density at radius 2 is 2.00 bits per heavy atom. The predicted molar refractivity (Wildman–Crippen MR) is 108 cm³/mol. The number of anilines is 2. The summed E-state index contributed by atoms with van der Waals surface area (Å²) in [6.07, 6.45) is 0. The Hall–Kier alpha value is -2.28. The van der Waals surface area contributed by atoms with Crippen molar-refractivity contribution in [2.24, 2.45) is 0 Å². The van der Waals surface area contributed by atoms with Crippen molar-refractivity contribution < 1.29 is 9.53 Å². The molecule has 0 fully saturated rings. The van der Waals surface area contributed by atoms with Gasteiger partial charge in [-0.25, -0.2) is 4.98 Å². The van der Waals surface area contributed by atoms with Gasteiger partial charge in [0.1, 0.15) is 5.75 Å². The molecule has 0 saturated carbocycles. The van der Waals surface area contributed by atoms with Gasteiger partial charge < -0.3 is 15.4 Å². The van der Waals surface area contributed by atoms with E-state index in [4.69, 9.17) is 27.9 Å². The van der Waals surface area contributed by atoms with Crippen LogP contribution >= 0.6 is 34.5 Å². The van der Waals surface area contributed by atoms with E-state index in [1.165, 1.54) is 17.4 Å². The van der Waals surface area contributed by atoms with E-state index in [9.17, 15) is 4.79 Å². The highest BCUT2D eigenvalue weighted by Crippen LogP contribution is 2.33. The summed E-state index contributed by atoms with van der Waals surface area (Å²) in [5.74, 6) is 0.188. The van der Waals surface area contributed by atoms with Gasteiger partial charge in [-0.15, -0.1) is 11.3 Å². The van der Waals surface area contributed by atoms with Crippen molar-refractivity contribution in [3.63, 3.8) is 0 Å². The quantitative estimate of drug-likeness (QED) is 0.592. The van der Waals surface area contributed by atoms with Crippen LogP contribution in [0.1, 0.15) is 10.4 Å². The standard InChI is InChI=1S/C18H15Cl2N3O2S/c1-21-18-23-15(9-26-18)10-3-6-16(25-2)14(7-10)22-17(24)12-5-4-11(19)8-13(12)20/h3-9H,1-2H3,(H,21,23)(H,22,24). The summed E-state index contributed by atoms with van der Waals surface area (Å²) in [5, 5.41) is 9.35. The second-order valence-corrected chi connectivity index (χ2v) is 6.98. The molecule has 1 heterocycles. The molecule has 0 bridgehead atoms. The maximum absolute atomic E-state index is 12.6. The van der Waals surface area contributed by atoms with Crippen molar-refractivity contribution >= 4 is 51.3 Å². The summed E-state index contributed by atoms with van der Waals surface area (Å²) < 4.78 is 5.35. The van der Waals surface area contributed by atoms with Crippen LogP contribution in [0, 0.1) is 0 Å². The third-order valence-electron chi connectivity index (χ3n) is 3.64. The number of aromatic nitrogens is 1. The SMILES string of the molecule is CNc1nc(-c2ccc(OC)c(NC(=O)c3ccc(Cl)cc3Cl)c2)cs1. The first-order chi connectivity index (χ1) is 12.5. The molecule has 3 rings (SSSR count). The zero-order valence-electron chi connectivity index (χ0n) is 14.0. The van der Waals surface area contributed by atoms with E-state index in [-0.39, 0.29) is 10.9 Å². The minimum absolute atomic E-state index is 0.281. The topological polar surface area (TPSA) is 63.3 Å². The fourth-order valence-corrected chi connectivity index (χ4v) is 3.52. The van der Waals surface area contributed by atoms with Gasteiger partial charge in [0, 0.05) is 23.0 Å². The van der Waals surface area contributed by atoms with E-state index in [2.05, 4.69) is 15.6 Å². The van der Waals surface area contributed by atoms with E-state index < -0.39 is 0 Å². The van der Waals surface area contributed by atoms with Crippen LogP contribution in [-0.4, -0.2) is 25.0 Å². The number of halogens is 2. The minimum Gasteiger partial charge on any atom is -0.495 e. The Balaban J connectivity index is 1.92. The molecule has 5 nitrogen and oxygen atoms in total. The van der Waals surface area contributed by atoms with Crippen molar-refractivity contribution in [3.8, 4) is 17.0 Å². The number of ether oxygens (including phenoxy) is 1. The van der Waals surface area contributed by atoms with Crippen LogP contribution in [0.3, 0.4) is 0 Å². The Labute approximate surface area is 164 Å². The monoisotopic (exact) mass is 407 g/mol. The fourth-order valence-electron chi connectivity index (χ4n) is 2.35. The molecule has 0 aliphatic rings. The number of amides is 1. The number of nitrogens with zero attached hydrogens (tertiary/aromatic N) is 1. The van der Waals surface area contributed by atoms with Crippen LogP contribution in [0.25, 0.3) is 11.3 Å². The number of hydrogen-bond acceptors (Lipinski definition) is 5. The lowest BCUT2D eigenvalue weighted by molar-refractivity contribution is 0.102. The lowest BCUT2D eigenvalue weighted by Gasteiger charge is -2.12. The van der Waals surface area contributed by atoms with Crippen LogP contribution in [0.2, 0.25) is 10.0 Å². The molecule has 1 aromatic heterocycles. The normalized spacial score (nSPS) is 10.5. The molecule has 2 N–H and O–H groups in total. The van der Waals surface area contributed by atoms with Gasteiger partial charge in [0.2, 0.25) is 0 Å². The molecule has 0 unspecified atom stereocenters. The second kappa shape index (κ2) is 7.95. The van der Waals surface area contributed by atoms with Crippen LogP contribution in [0.5, 0.6) is 5.75 Å². The highest BCUT2D eigenvalue weighted by molar-refractivity contribution is 7.14. The molecule has 134 valence electrons. The van der Waals surface area contributed by atoms with Gasteiger partial charge >= 0.3 is 0 Å². The van der Waals surface area contributed by atoms with Gasteiger partial charge in [-0.05, 0) is 36.4 Å². The summed E-state index contributed by atoms with van der Waals surface area (Å²) >= 11 is 13.5. The molecule has 3 aromatic rings. The van der Waals surface area contributed by atoms with Crippen molar-refractivity contribution in [2.45, 2.75) is 0 Å². The van der Waals surface area contributed by atoms with Crippen molar-refractivity contribution in [3.05, 3.63) is 57.4 Å². The zero-order valence-corrected chi connectivity index (χ0v) is 16.3. The first-order valence-electron chi connectivity index (χ1n) is 7.60. The molecule has 0 aliphatic heterocycles. The summed E-state index contributed by atoms with van der Waals surface area (Å²) in [5.41, 5.74) is 2.53. The van der Waals surface area contributed by atoms with E-state index in [0.29, 0.717) is 22.0 Å². The first kappa shape index (κ1) is 18.5. The van der Waals surface area contributed by atoms with E-state index in [0.717, 1.165) is 16.4 Å². The molecule has 1 amide bonds. The third-order valence-corrected chi connectivity index (χ3v) is 5.04. The van der Waals surface area contributed by atoms with Gasteiger partial charge in [0.15, 0.2) is 5.13 Å². The fraction of sp³-hybridized carbons (Fsp3) is 0.111. The average molecular weight is 408 g/mol. The Morgan fingerprint density at radius 3 is 2.65 bits per heavy atom. The van der Waals surface area contributed by atoms with Gasteiger partial charge in [0.25, 0.3) is 5.91 Å². The van der Waals surface area contributed by atoms with Crippen LogP contribution in [0.15, 0.2) is 41.8 Å². The number of carbonyl (C=O) groups excluding carboxylic acids is 1. The second-order valence-electron chi connectivity index (χ2n) is 5.28. The van der Waals surface area contributed by atoms with Gasteiger partial charge in [-0.2, -0.15) is 0 Å². The van der Waals surface area contributed by atoms with E-state index in [1.54, 1.807) is 25.3 Å². The van der Waals surface area contributed by atoms with E-state index in [1.807, 2.05) is 24.6 Å². The number of methoxy groups -OCH3 is 1. The van der Waals surface area contributed by atoms with Crippen molar-refractivity contribution in [1.82, 2.24) is 4.98 Å². The summed E-state index contributed by atoms with van der Waals surface area (Å²) in [7, 11) is 3.36. The Kier molecular flexibility index (Phi) is 5.66. The summed E-state index contributed by atoms with van der Waals surface area (Å²) in [6, 6.07) is 10.2. The highest BCUT2D eigenvalue weighted by atomic mass is 35.5. The van der Waals surface area contributed by atoms with Gasteiger partial charge in [-0.3, -0.25) is 4.79 Å². The number of benzene rings is 2. The van der Waals surface area contributed by atoms with Crippen LogP contribution in [0.4, 0.5) is 10.8 Å². The number of nitrogens with one attached hydrogen (secondary N) is 2. The molecule has 0 saturated heterocycles. The maximum Gasteiger partial charge on any atom is 0.257 e. The lowest BCUT2D eigenvalue weighted by atomic mass is 10.1. The minimum atomic E-state index is -0.351.